The standard InChI is InChI=1S/C14H7Cl2F4N5/c15-8-3-21-11(22-4-8)6-25-5-10(14(18,19)20)24-13(25)7-1-9(16)12(17)23-2-7/h1-5H,6H2. The van der Waals surface area contributed by atoms with Gasteiger partial charge in [0.1, 0.15) is 11.6 Å². The van der Waals surface area contributed by atoms with Gasteiger partial charge in [0.25, 0.3) is 0 Å². The number of hydrogen-bond donors (Lipinski definition) is 0. The summed E-state index contributed by atoms with van der Waals surface area (Å²) in [4.78, 5) is 14.8. The first-order valence-electron chi connectivity index (χ1n) is 6.66. The van der Waals surface area contributed by atoms with Gasteiger partial charge in [-0.1, -0.05) is 23.2 Å². The number of aromatic nitrogens is 5. The molecule has 0 bridgehead atoms. The molecular formula is C14H7Cl2F4N5. The Bertz CT molecular complexity index is 909. The maximum absolute atomic E-state index is 13.2. The van der Waals surface area contributed by atoms with E-state index in [1.807, 2.05) is 0 Å². The molecule has 0 fully saturated rings. The van der Waals surface area contributed by atoms with Crippen LogP contribution < -0.4 is 0 Å². The van der Waals surface area contributed by atoms with Gasteiger partial charge < -0.3 is 4.57 Å². The first-order chi connectivity index (χ1) is 11.7. The number of halogens is 6. The van der Waals surface area contributed by atoms with Crippen molar-refractivity contribution in [3.63, 3.8) is 0 Å². The molecule has 0 atom stereocenters. The first-order valence-corrected chi connectivity index (χ1v) is 7.42. The highest BCUT2D eigenvalue weighted by Gasteiger charge is 2.35. The van der Waals surface area contributed by atoms with Crippen molar-refractivity contribution in [2.45, 2.75) is 12.7 Å². The third kappa shape index (κ3) is 3.88. The van der Waals surface area contributed by atoms with Crippen LogP contribution in [0.15, 0.2) is 30.9 Å². The molecule has 0 aromatic carbocycles. The van der Waals surface area contributed by atoms with Gasteiger partial charge in [-0.3, -0.25) is 0 Å². The maximum atomic E-state index is 13.2. The van der Waals surface area contributed by atoms with E-state index in [2.05, 4.69) is 19.9 Å². The van der Waals surface area contributed by atoms with E-state index >= 15 is 0 Å². The van der Waals surface area contributed by atoms with Crippen LogP contribution in [0.5, 0.6) is 0 Å². The molecule has 25 heavy (non-hydrogen) atoms. The third-order valence-electron chi connectivity index (χ3n) is 3.11. The SMILES string of the molecule is Fc1ncc(-c2nc(C(F)(F)F)cn2Cc2ncc(Cl)cn2)cc1Cl. The van der Waals surface area contributed by atoms with Crippen LogP contribution in [0.25, 0.3) is 11.4 Å². The molecule has 0 amide bonds. The summed E-state index contributed by atoms with van der Waals surface area (Å²) in [6.45, 7) is -0.107. The summed E-state index contributed by atoms with van der Waals surface area (Å²) < 4.78 is 53.4. The van der Waals surface area contributed by atoms with E-state index in [1.165, 1.54) is 17.0 Å². The van der Waals surface area contributed by atoms with Crippen LogP contribution in [0, 0.1) is 5.95 Å². The number of pyridine rings is 1. The Morgan fingerprint density at radius 2 is 1.72 bits per heavy atom. The van der Waals surface area contributed by atoms with Crippen molar-refractivity contribution < 1.29 is 17.6 Å². The molecule has 0 unspecified atom stereocenters. The topological polar surface area (TPSA) is 56.5 Å². The van der Waals surface area contributed by atoms with Crippen molar-refractivity contribution in [3.05, 3.63) is 58.4 Å². The Kier molecular flexibility index (Phi) is 4.61. The van der Waals surface area contributed by atoms with Crippen LogP contribution >= 0.6 is 23.2 Å². The van der Waals surface area contributed by atoms with Crippen LogP contribution in [0.1, 0.15) is 11.5 Å². The zero-order chi connectivity index (χ0) is 18.2. The molecule has 3 heterocycles. The Morgan fingerprint density at radius 3 is 2.32 bits per heavy atom. The van der Waals surface area contributed by atoms with E-state index < -0.39 is 17.8 Å². The summed E-state index contributed by atoms with van der Waals surface area (Å²) in [6, 6.07) is 1.14. The van der Waals surface area contributed by atoms with Gasteiger partial charge in [-0.15, -0.1) is 0 Å². The fourth-order valence-corrected chi connectivity index (χ4v) is 2.28. The highest BCUT2D eigenvalue weighted by atomic mass is 35.5. The Balaban J connectivity index is 2.07. The average Bonchev–Trinajstić information content (AvgIpc) is 2.96. The lowest BCUT2D eigenvalue weighted by molar-refractivity contribution is -0.140. The minimum Gasteiger partial charge on any atom is -0.323 e. The van der Waals surface area contributed by atoms with Gasteiger partial charge in [0.05, 0.1) is 16.6 Å². The van der Waals surface area contributed by atoms with Crippen molar-refractivity contribution in [2.75, 3.05) is 0 Å². The minimum atomic E-state index is -4.65. The molecule has 3 aromatic heterocycles. The number of rotatable bonds is 3. The van der Waals surface area contributed by atoms with Crippen LogP contribution in [-0.4, -0.2) is 24.5 Å². The van der Waals surface area contributed by atoms with Gasteiger partial charge in [-0.05, 0) is 6.07 Å². The second-order valence-corrected chi connectivity index (χ2v) is 5.73. The van der Waals surface area contributed by atoms with Crippen molar-refractivity contribution >= 4 is 23.2 Å². The average molecular weight is 392 g/mol. The lowest BCUT2D eigenvalue weighted by atomic mass is 10.2. The van der Waals surface area contributed by atoms with Gasteiger partial charge in [0.15, 0.2) is 5.69 Å². The quantitative estimate of drug-likeness (QED) is 0.494. The number of hydrogen-bond acceptors (Lipinski definition) is 4. The lowest BCUT2D eigenvalue weighted by Crippen LogP contribution is -2.06. The predicted molar refractivity (Wildman–Crippen MR) is 81.6 cm³/mol. The molecule has 3 aromatic rings. The van der Waals surface area contributed by atoms with Gasteiger partial charge in [-0.25, -0.2) is 19.9 Å². The molecule has 5 nitrogen and oxygen atoms in total. The Morgan fingerprint density at radius 1 is 1.04 bits per heavy atom. The van der Waals surface area contributed by atoms with Gasteiger partial charge >= 0.3 is 6.18 Å². The van der Waals surface area contributed by atoms with E-state index in [1.54, 1.807) is 0 Å². The highest BCUT2D eigenvalue weighted by Crippen LogP contribution is 2.32. The van der Waals surface area contributed by atoms with Crippen molar-refractivity contribution in [1.82, 2.24) is 24.5 Å². The van der Waals surface area contributed by atoms with E-state index in [0.717, 1.165) is 18.5 Å². The number of nitrogens with zero attached hydrogens (tertiary/aromatic N) is 5. The molecule has 0 radical (unpaired) electrons. The predicted octanol–water partition coefficient (Wildman–Crippen LogP) is 4.25. The first kappa shape index (κ1) is 17.6. The van der Waals surface area contributed by atoms with Crippen LogP contribution in [0.3, 0.4) is 0 Å². The van der Waals surface area contributed by atoms with E-state index in [4.69, 9.17) is 23.2 Å². The summed E-state index contributed by atoms with van der Waals surface area (Å²) in [5, 5.41) is -0.0385. The summed E-state index contributed by atoms with van der Waals surface area (Å²) in [5.41, 5.74) is -0.993. The van der Waals surface area contributed by atoms with Crippen molar-refractivity contribution in [2.24, 2.45) is 0 Å². The molecule has 0 aliphatic carbocycles. The molecule has 0 saturated carbocycles. The van der Waals surface area contributed by atoms with Crippen molar-refractivity contribution in [3.8, 4) is 11.4 Å². The summed E-state index contributed by atoms with van der Waals surface area (Å²) >= 11 is 11.3. The smallest absolute Gasteiger partial charge is 0.323 e. The summed E-state index contributed by atoms with van der Waals surface area (Å²) in [6.07, 6.45) is -0.158. The zero-order valence-electron chi connectivity index (χ0n) is 12.1. The molecule has 11 heteroatoms. The molecule has 130 valence electrons. The molecule has 0 saturated heterocycles. The zero-order valence-corrected chi connectivity index (χ0v) is 13.6. The molecule has 0 spiro atoms. The van der Waals surface area contributed by atoms with Gasteiger partial charge in [0, 0.05) is 30.4 Å². The number of imidazole rings is 1. The van der Waals surface area contributed by atoms with Crippen LogP contribution in [0.4, 0.5) is 17.6 Å². The summed E-state index contributed by atoms with van der Waals surface area (Å²) in [7, 11) is 0. The highest BCUT2D eigenvalue weighted by molar-refractivity contribution is 6.31. The third-order valence-corrected chi connectivity index (χ3v) is 3.57. The van der Waals surface area contributed by atoms with Crippen LogP contribution in [-0.2, 0) is 12.7 Å². The monoisotopic (exact) mass is 391 g/mol. The van der Waals surface area contributed by atoms with Gasteiger partial charge in [-0.2, -0.15) is 17.6 Å². The fourth-order valence-electron chi connectivity index (χ4n) is 2.02. The van der Waals surface area contributed by atoms with Crippen molar-refractivity contribution in [1.29, 1.82) is 0 Å². The Hall–Kier alpha value is -2.26. The molecular weight excluding hydrogens is 385 g/mol. The van der Waals surface area contributed by atoms with Crippen LogP contribution in [0.2, 0.25) is 10.0 Å². The Labute approximate surface area is 148 Å². The van der Waals surface area contributed by atoms with E-state index in [0.29, 0.717) is 5.02 Å². The molecule has 0 aliphatic rings. The fraction of sp³-hybridized carbons (Fsp3) is 0.143. The molecule has 3 rings (SSSR count). The summed E-state index contributed by atoms with van der Waals surface area (Å²) in [5.74, 6) is -0.807. The maximum Gasteiger partial charge on any atom is 0.434 e. The van der Waals surface area contributed by atoms with E-state index in [-0.39, 0.29) is 28.8 Å². The molecule has 0 aliphatic heterocycles. The van der Waals surface area contributed by atoms with Gasteiger partial charge in [0.2, 0.25) is 5.95 Å². The minimum absolute atomic E-state index is 0.0970. The normalized spacial score (nSPS) is 11.8. The molecule has 0 N–H and O–H groups in total. The van der Waals surface area contributed by atoms with E-state index in [9.17, 15) is 17.6 Å². The second-order valence-electron chi connectivity index (χ2n) is 4.89. The lowest BCUT2D eigenvalue weighted by Gasteiger charge is -2.07. The largest absolute Gasteiger partial charge is 0.434 e. The number of alkyl halides is 3. The second kappa shape index (κ2) is 6.57.